The molecule has 1 aliphatic rings. The maximum Gasteiger partial charge on any atom is 0.209 e. The third-order valence-electron chi connectivity index (χ3n) is 4.13. The SMILES string of the molecule is C1=C(c2ccccc2)CCN(Cc2nc3ccccc3o2)C1. The normalized spacial score (nSPS) is 15.9. The molecule has 0 bridgehead atoms. The van der Waals surface area contributed by atoms with E-state index >= 15 is 0 Å². The summed E-state index contributed by atoms with van der Waals surface area (Å²) in [5, 5.41) is 0. The minimum atomic E-state index is 0.771. The van der Waals surface area contributed by atoms with E-state index in [0.29, 0.717) is 0 Å². The lowest BCUT2D eigenvalue weighted by molar-refractivity contribution is 0.265. The molecule has 110 valence electrons. The van der Waals surface area contributed by atoms with E-state index in [2.05, 4.69) is 46.3 Å². The highest BCUT2D eigenvalue weighted by Gasteiger charge is 2.15. The molecule has 22 heavy (non-hydrogen) atoms. The Bertz CT molecular complexity index is 771. The standard InChI is InChI=1S/C19H18N2O/c1-2-6-15(7-3-1)16-10-12-21(13-11-16)14-19-20-17-8-4-5-9-18(17)22-19/h1-10H,11-14H2. The van der Waals surface area contributed by atoms with Gasteiger partial charge in [0.1, 0.15) is 5.52 Å². The van der Waals surface area contributed by atoms with Gasteiger partial charge in [0, 0.05) is 13.1 Å². The molecule has 1 aromatic heterocycles. The number of para-hydroxylation sites is 2. The van der Waals surface area contributed by atoms with Crippen molar-refractivity contribution in [3.63, 3.8) is 0 Å². The van der Waals surface area contributed by atoms with Crippen LogP contribution in [0.5, 0.6) is 0 Å². The van der Waals surface area contributed by atoms with E-state index in [0.717, 1.165) is 43.0 Å². The third kappa shape index (κ3) is 2.68. The van der Waals surface area contributed by atoms with Crippen LogP contribution in [0.2, 0.25) is 0 Å². The molecular formula is C19H18N2O. The Kier molecular flexibility index (Phi) is 3.49. The van der Waals surface area contributed by atoms with E-state index in [-0.39, 0.29) is 0 Å². The van der Waals surface area contributed by atoms with Crippen LogP contribution in [-0.4, -0.2) is 23.0 Å². The number of aromatic nitrogens is 1. The molecule has 0 spiro atoms. The predicted octanol–water partition coefficient (Wildman–Crippen LogP) is 4.12. The van der Waals surface area contributed by atoms with Gasteiger partial charge in [-0.1, -0.05) is 48.5 Å². The lowest BCUT2D eigenvalue weighted by atomic mass is 10.00. The van der Waals surface area contributed by atoms with E-state index < -0.39 is 0 Å². The summed E-state index contributed by atoms with van der Waals surface area (Å²) < 4.78 is 5.81. The molecular weight excluding hydrogens is 272 g/mol. The van der Waals surface area contributed by atoms with Gasteiger partial charge in [-0.05, 0) is 29.7 Å². The summed E-state index contributed by atoms with van der Waals surface area (Å²) in [5.41, 5.74) is 4.59. The summed E-state index contributed by atoms with van der Waals surface area (Å²) in [7, 11) is 0. The molecule has 0 N–H and O–H groups in total. The van der Waals surface area contributed by atoms with Crippen LogP contribution in [0, 0.1) is 0 Å². The zero-order chi connectivity index (χ0) is 14.8. The molecule has 0 unspecified atom stereocenters. The number of hydrogen-bond acceptors (Lipinski definition) is 3. The van der Waals surface area contributed by atoms with Crippen LogP contribution in [0.3, 0.4) is 0 Å². The van der Waals surface area contributed by atoms with Crippen molar-refractivity contribution in [2.24, 2.45) is 0 Å². The highest BCUT2D eigenvalue weighted by Crippen LogP contribution is 2.23. The average Bonchev–Trinajstić information content (AvgIpc) is 2.98. The van der Waals surface area contributed by atoms with Crippen LogP contribution in [-0.2, 0) is 6.54 Å². The number of hydrogen-bond donors (Lipinski definition) is 0. The van der Waals surface area contributed by atoms with Gasteiger partial charge in [-0.25, -0.2) is 4.98 Å². The van der Waals surface area contributed by atoms with E-state index in [4.69, 9.17) is 4.42 Å². The Balaban J connectivity index is 1.46. The molecule has 2 aromatic carbocycles. The fraction of sp³-hybridized carbons (Fsp3) is 0.211. The Labute approximate surface area is 129 Å². The topological polar surface area (TPSA) is 29.3 Å². The first kappa shape index (κ1) is 13.3. The first-order chi connectivity index (χ1) is 10.9. The van der Waals surface area contributed by atoms with Gasteiger partial charge in [0.05, 0.1) is 6.54 Å². The third-order valence-corrected chi connectivity index (χ3v) is 4.13. The molecule has 3 aromatic rings. The second-order valence-corrected chi connectivity index (χ2v) is 5.66. The van der Waals surface area contributed by atoms with Gasteiger partial charge >= 0.3 is 0 Å². The van der Waals surface area contributed by atoms with E-state index in [1.54, 1.807) is 0 Å². The first-order valence-corrected chi connectivity index (χ1v) is 7.70. The number of nitrogens with zero attached hydrogens (tertiary/aromatic N) is 2. The van der Waals surface area contributed by atoms with Crippen molar-refractivity contribution in [1.29, 1.82) is 0 Å². The smallest absolute Gasteiger partial charge is 0.209 e. The highest BCUT2D eigenvalue weighted by atomic mass is 16.3. The fourth-order valence-corrected chi connectivity index (χ4v) is 2.95. The van der Waals surface area contributed by atoms with E-state index in [1.807, 2.05) is 24.3 Å². The number of rotatable bonds is 3. The average molecular weight is 290 g/mol. The zero-order valence-corrected chi connectivity index (χ0v) is 12.4. The Hall–Kier alpha value is -2.39. The van der Waals surface area contributed by atoms with Crippen LogP contribution < -0.4 is 0 Å². The maximum absolute atomic E-state index is 5.81. The maximum atomic E-state index is 5.81. The molecule has 2 heterocycles. The van der Waals surface area contributed by atoms with Gasteiger partial charge in [-0.15, -0.1) is 0 Å². The van der Waals surface area contributed by atoms with Crippen molar-refractivity contribution in [2.75, 3.05) is 13.1 Å². The van der Waals surface area contributed by atoms with Crippen LogP contribution in [0.15, 0.2) is 65.1 Å². The summed E-state index contributed by atoms with van der Waals surface area (Å²) in [6.07, 6.45) is 3.39. The number of oxazole rings is 1. The summed E-state index contributed by atoms with van der Waals surface area (Å²) in [4.78, 5) is 6.93. The van der Waals surface area contributed by atoms with Crippen LogP contribution in [0.25, 0.3) is 16.7 Å². The largest absolute Gasteiger partial charge is 0.439 e. The summed E-state index contributed by atoms with van der Waals surface area (Å²) in [6, 6.07) is 18.6. The van der Waals surface area contributed by atoms with Gasteiger partial charge in [-0.2, -0.15) is 0 Å². The van der Waals surface area contributed by atoms with Crippen molar-refractivity contribution >= 4 is 16.7 Å². The Morgan fingerprint density at radius 2 is 1.82 bits per heavy atom. The summed E-state index contributed by atoms with van der Waals surface area (Å²) >= 11 is 0. The molecule has 4 rings (SSSR count). The molecule has 0 fully saturated rings. The van der Waals surface area contributed by atoms with Gasteiger partial charge in [0.15, 0.2) is 5.58 Å². The molecule has 3 nitrogen and oxygen atoms in total. The van der Waals surface area contributed by atoms with Crippen LogP contribution in [0.4, 0.5) is 0 Å². The lowest BCUT2D eigenvalue weighted by Gasteiger charge is -2.25. The molecule has 0 radical (unpaired) electrons. The second-order valence-electron chi connectivity index (χ2n) is 5.66. The predicted molar refractivity (Wildman–Crippen MR) is 88.3 cm³/mol. The molecule has 0 aliphatic carbocycles. The minimum absolute atomic E-state index is 0.771. The quantitative estimate of drug-likeness (QED) is 0.726. The van der Waals surface area contributed by atoms with Crippen molar-refractivity contribution in [3.8, 4) is 0 Å². The van der Waals surface area contributed by atoms with Gasteiger partial charge in [-0.3, -0.25) is 4.90 Å². The molecule has 0 saturated heterocycles. The molecule has 3 heteroatoms. The van der Waals surface area contributed by atoms with Crippen molar-refractivity contribution in [3.05, 3.63) is 72.1 Å². The second kappa shape index (κ2) is 5.78. The molecule has 0 saturated carbocycles. The fourth-order valence-electron chi connectivity index (χ4n) is 2.95. The van der Waals surface area contributed by atoms with Crippen LogP contribution >= 0.6 is 0 Å². The van der Waals surface area contributed by atoms with Crippen molar-refractivity contribution in [1.82, 2.24) is 9.88 Å². The van der Waals surface area contributed by atoms with E-state index in [9.17, 15) is 0 Å². The minimum Gasteiger partial charge on any atom is -0.439 e. The van der Waals surface area contributed by atoms with Crippen molar-refractivity contribution in [2.45, 2.75) is 13.0 Å². The lowest BCUT2D eigenvalue weighted by Crippen LogP contribution is -2.28. The summed E-state index contributed by atoms with van der Waals surface area (Å²) in [6.45, 7) is 2.76. The van der Waals surface area contributed by atoms with Gasteiger partial charge in [0.25, 0.3) is 0 Å². The van der Waals surface area contributed by atoms with Gasteiger partial charge in [0.2, 0.25) is 5.89 Å². The monoisotopic (exact) mass is 290 g/mol. The summed E-state index contributed by atoms with van der Waals surface area (Å²) in [5.74, 6) is 0.803. The number of benzene rings is 2. The molecule has 1 aliphatic heterocycles. The Morgan fingerprint density at radius 1 is 1.00 bits per heavy atom. The molecule has 0 amide bonds. The molecule has 0 atom stereocenters. The van der Waals surface area contributed by atoms with Gasteiger partial charge < -0.3 is 4.42 Å². The number of fused-ring (bicyclic) bond motifs is 1. The van der Waals surface area contributed by atoms with Crippen molar-refractivity contribution < 1.29 is 4.42 Å². The Morgan fingerprint density at radius 3 is 2.59 bits per heavy atom. The van der Waals surface area contributed by atoms with Crippen LogP contribution in [0.1, 0.15) is 17.9 Å². The highest BCUT2D eigenvalue weighted by molar-refractivity contribution is 5.72. The zero-order valence-electron chi connectivity index (χ0n) is 12.4. The van der Waals surface area contributed by atoms with E-state index in [1.165, 1.54) is 11.1 Å². The first-order valence-electron chi connectivity index (χ1n) is 7.70.